The Bertz CT molecular complexity index is 1050. The molecule has 0 amide bonds. The van der Waals surface area contributed by atoms with Crippen molar-refractivity contribution in [2.24, 2.45) is 0 Å². The molecule has 34 heavy (non-hydrogen) atoms. The quantitative estimate of drug-likeness (QED) is 0.229. The summed E-state index contributed by atoms with van der Waals surface area (Å²) in [6.07, 6.45) is -2.90. The molecule has 0 unspecified atom stereocenters. The molecule has 0 bridgehead atoms. The zero-order valence-corrected chi connectivity index (χ0v) is 18.5. The molecular weight excluding hydrogens is 456 g/mol. The summed E-state index contributed by atoms with van der Waals surface area (Å²) in [5.74, 6) is -1.60. The molecule has 1 aliphatic heterocycles. The van der Waals surface area contributed by atoms with Crippen molar-refractivity contribution in [3.8, 4) is 5.75 Å². The Morgan fingerprint density at radius 3 is 2.26 bits per heavy atom. The summed E-state index contributed by atoms with van der Waals surface area (Å²) in [5, 5.41) is 18.7. The number of ether oxygens (including phenoxy) is 5. The van der Waals surface area contributed by atoms with Gasteiger partial charge in [-0.05, 0) is 12.1 Å². The number of aromatic nitrogens is 3. The second kappa shape index (κ2) is 10.7. The molecule has 1 aromatic carbocycles. The van der Waals surface area contributed by atoms with Crippen LogP contribution in [0.2, 0.25) is 0 Å². The van der Waals surface area contributed by atoms with E-state index in [-0.39, 0.29) is 18.9 Å². The van der Waals surface area contributed by atoms with Crippen molar-refractivity contribution in [1.29, 1.82) is 0 Å². The average Bonchev–Trinajstić information content (AvgIpc) is 3.22. The number of hydrogen-bond acceptors (Lipinski definition) is 12. The molecule has 2 aromatic rings. The number of nitrogens with zero attached hydrogens (tertiary/aromatic N) is 4. The third kappa shape index (κ3) is 6.25. The summed E-state index contributed by atoms with van der Waals surface area (Å²) in [6.45, 7) is 3.35. The SMILES string of the molecule is CC(=O)O[C@@H]1[C@@H](OC(C)=O)[C@H](OC(C)=O)CO[C@H]1n1cc(COc2ccc([N+](=O)[O-])cc2)nn1. The predicted molar refractivity (Wildman–Crippen MR) is 109 cm³/mol. The van der Waals surface area contributed by atoms with Crippen LogP contribution >= 0.6 is 0 Å². The molecule has 2 heterocycles. The first-order valence-electron chi connectivity index (χ1n) is 10.0. The van der Waals surface area contributed by atoms with Crippen LogP contribution < -0.4 is 4.74 Å². The highest BCUT2D eigenvalue weighted by Gasteiger charge is 2.48. The van der Waals surface area contributed by atoms with E-state index in [9.17, 15) is 24.5 Å². The fraction of sp³-hybridized carbons (Fsp3) is 0.450. The summed E-state index contributed by atoms with van der Waals surface area (Å²) >= 11 is 0. The number of benzene rings is 1. The lowest BCUT2D eigenvalue weighted by Crippen LogP contribution is -2.55. The first kappa shape index (κ1) is 24.6. The lowest BCUT2D eigenvalue weighted by Gasteiger charge is -2.40. The van der Waals surface area contributed by atoms with Gasteiger partial charge in [0.1, 0.15) is 18.1 Å². The highest BCUT2D eigenvalue weighted by atomic mass is 16.6. The third-order valence-corrected chi connectivity index (χ3v) is 4.58. The van der Waals surface area contributed by atoms with Crippen molar-refractivity contribution in [3.63, 3.8) is 0 Å². The van der Waals surface area contributed by atoms with E-state index in [1.807, 2.05) is 0 Å². The zero-order chi connectivity index (χ0) is 24.8. The van der Waals surface area contributed by atoms with E-state index in [1.165, 1.54) is 55.9 Å². The van der Waals surface area contributed by atoms with Crippen molar-refractivity contribution in [2.75, 3.05) is 6.61 Å². The van der Waals surface area contributed by atoms with Crippen LogP contribution in [0.15, 0.2) is 30.5 Å². The molecule has 1 aromatic heterocycles. The van der Waals surface area contributed by atoms with Crippen LogP contribution in [-0.4, -0.2) is 62.7 Å². The molecule has 0 N–H and O–H groups in total. The lowest BCUT2D eigenvalue weighted by molar-refractivity contribution is -0.384. The minimum Gasteiger partial charge on any atom is -0.487 e. The van der Waals surface area contributed by atoms with Gasteiger partial charge in [-0.15, -0.1) is 5.10 Å². The fourth-order valence-corrected chi connectivity index (χ4v) is 3.27. The van der Waals surface area contributed by atoms with Gasteiger partial charge in [0.25, 0.3) is 5.69 Å². The highest BCUT2D eigenvalue weighted by Crippen LogP contribution is 2.30. The predicted octanol–water partition coefficient (Wildman–Crippen LogP) is 1.09. The average molecular weight is 478 g/mol. The monoisotopic (exact) mass is 478 g/mol. The number of non-ortho nitro benzene ring substituents is 1. The molecule has 14 nitrogen and oxygen atoms in total. The Labute approximate surface area is 192 Å². The molecule has 0 aliphatic carbocycles. The molecule has 0 saturated carbocycles. The molecule has 1 aliphatic rings. The van der Waals surface area contributed by atoms with Crippen molar-refractivity contribution in [2.45, 2.75) is 51.9 Å². The van der Waals surface area contributed by atoms with Gasteiger partial charge < -0.3 is 23.7 Å². The number of esters is 3. The van der Waals surface area contributed by atoms with Gasteiger partial charge in [0.2, 0.25) is 0 Å². The van der Waals surface area contributed by atoms with Gasteiger partial charge in [0, 0.05) is 32.9 Å². The number of carbonyl (C=O) groups excluding carboxylic acids is 3. The van der Waals surface area contributed by atoms with Gasteiger partial charge in [0.15, 0.2) is 24.5 Å². The zero-order valence-electron chi connectivity index (χ0n) is 18.5. The first-order valence-corrected chi connectivity index (χ1v) is 10.0. The Morgan fingerprint density at radius 1 is 1.06 bits per heavy atom. The van der Waals surface area contributed by atoms with E-state index >= 15 is 0 Å². The van der Waals surface area contributed by atoms with Gasteiger partial charge in [-0.25, -0.2) is 4.68 Å². The standard InChI is InChI=1S/C20H22N4O10/c1-11(25)32-17-10-31-20(19(34-13(3)27)18(17)33-12(2)26)23-8-14(21-22-23)9-30-16-6-4-15(5-7-16)24(28)29/h4-8,17-20H,9-10H2,1-3H3/t17-,18+,19-,20-/m1/s1. The van der Waals surface area contributed by atoms with E-state index in [0.717, 1.165) is 0 Å². The minimum absolute atomic E-state index is 0.0216. The van der Waals surface area contributed by atoms with Crippen LogP contribution in [-0.2, 0) is 39.9 Å². The number of nitro groups is 1. The van der Waals surface area contributed by atoms with Crippen molar-refractivity contribution < 1.29 is 43.0 Å². The van der Waals surface area contributed by atoms with E-state index < -0.39 is 47.4 Å². The Kier molecular flexibility index (Phi) is 7.73. The molecule has 1 saturated heterocycles. The summed E-state index contributed by atoms with van der Waals surface area (Å²) < 4.78 is 28.4. The van der Waals surface area contributed by atoms with E-state index in [2.05, 4.69) is 10.3 Å². The Balaban J connectivity index is 1.76. The molecule has 14 heteroatoms. The number of carbonyl (C=O) groups is 3. The maximum absolute atomic E-state index is 11.7. The third-order valence-electron chi connectivity index (χ3n) is 4.58. The van der Waals surface area contributed by atoms with Gasteiger partial charge in [-0.1, -0.05) is 5.21 Å². The van der Waals surface area contributed by atoms with Crippen molar-refractivity contribution in [1.82, 2.24) is 15.0 Å². The van der Waals surface area contributed by atoms with E-state index in [1.54, 1.807) is 0 Å². The second-order valence-electron chi connectivity index (χ2n) is 7.25. The van der Waals surface area contributed by atoms with Crippen molar-refractivity contribution >= 4 is 23.6 Å². The molecular formula is C20H22N4O10. The number of rotatable bonds is 8. The fourth-order valence-electron chi connectivity index (χ4n) is 3.27. The van der Waals surface area contributed by atoms with Crippen LogP contribution in [0.25, 0.3) is 0 Å². The second-order valence-corrected chi connectivity index (χ2v) is 7.25. The van der Waals surface area contributed by atoms with Crippen LogP contribution in [0, 0.1) is 10.1 Å². The van der Waals surface area contributed by atoms with Gasteiger partial charge in [-0.2, -0.15) is 0 Å². The van der Waals surface area contributed by atoms with Gasteiger partial charge in [-0.3, -0.25) is 24.5 Å². The smallest absolute Gasteiger partial charge is 0.303 e. The highest BCUT2D eigenvalue weighted by molar-refractivity contribution is 5.68. The number of hydrogen-bond donors (Lipinski definition) is 0. The van der Waals surface area contributed by atoms with Crippen molar-refractivity contribution in [3.05, 3.63) is 46.3 Å². The van der Waals surface area contributed by atoms with Crippen LogP contribution in [0.4, 0.5) is 5.69 Å². The Hall–Kier alpha value is -4.07. The van der Waals surface area contributed by atoms with Gasteiger partial charge >= 0.3 is 17.9 Å². The molecule has 1 fully saturated rings. The largest absolute Gasteiger partial charge is 0.487 e. The molecule has 0 radical (unpaired) electrons. The van der Waals surface area contributed by atoms with E-state index in [4.69, 9.17) is 23.7 Å². The summed E-state index contributed by atoms with van der Waals surface area (Å²) in [4.78, 5) is 45.1. The summed E-state index contributed by atoms with van der Waals surface area (Å²) in [5.41, 5.74) is 0.299. The molecule has 4 atom stereocenters. The van der Waals surface area contributed by atoms with Crippen LogP contribution in [0.3, 0.4) is 0 Å². The number of nitro benzene ring substituents is 1. The Morgan fingerprint density at radius 2 is 1.68 bits per heavy atom. The van der Waals surface area contributed by atoms with Crippen LogP contribution in [0.1, 0.15) is 32.7 Å². The lowest BCUT2D eigenvalue weighted by atomic mass is 10.0. The summed E-state index contributed by atoms with van der Waals surface area (Å²) in [6, 6.07) is 5.51. The molecule has 182 valence electrons. The first-order chi connectivity index (χ1) is 16.1. The summed E-state index contributed by atoms with van der Waals surface area (Å²) in [7, 11) is 0. The molecule has 0 spiro atoms. The van der Waals surface area contributed by atoms with E-state index in [0.29, 0.717) is 11.4 Å². The topological polar surface area (TPSA) is 171 Å². The maximum atomic E-state index is 11.7. The molecule has 3 rings (SSSR count). The minimum atomic E-state index is -1.19. The normalized spacial score (nSPS) is 21.9. The maximum Gasteiger partial charge on any atom is 0.303 e. The van der Waals surface area contributed by atoms with Gasteiger partial charge in [0.05, 0.1) is 17.7 Å². The van der Waals surface area contributed by atoms with Crippen LogP contribution in [0.5, 0.6) is 5.75 Å².